The molecule has 0 bridgehead atoms. The monoisotopic (exact) mass is 130 g/mol. The molecule has 0 aromatic carbocycles. The maximum atomic E-state index is 2.23. The van der Waals surface area contributed by atoms with Crippen molar-refractivity contribution in [2.75, 3.05) is 0 Å². The minimum atomic E-state index is 1.08. The zero-order valence-corrected chi connectivity index (χ0v) is 5.88. The van der Waals surface area contributed by atoms with Crippen LogP contribution in [0.5, 0.6) is 0 Å². The standard InChI is InChI=1S/C10H10/c1-2-5-9-7-4-8-10(9)6-3-1/h2-7H,1,8H2. The first-order chi connectivity index (χ1) is 4.97. The predicted octanol–water partition coefficient (Wildman–Crippen LogP) is 2.76. The van der Waals surface area contributed by atoms with E-state index < -0.39 is 0 Å². The topological polar surface area (TPSA) is 0 Å². The first-order valence-electron chi connectivity index (χ1n) is 3.69. The summed E-state index contributed by atoms with van der Waals surface area (Å²) in [5.74, 6) is 0. The zero-order valence-electron chi connectivity index (χ0n) is 5.88. The highest BCUT2D eigenvalue weighted by molar-refractivity contribution is 5.47. The molecule has 0 saturated heterocycles. The minimum Gasteiger partial charge on any atom is -0.0804 e. The molecule has 0 heterocycles. The van der Waals surface area contributed by atoms with Crippen molar-refractivity contribution in [2.24, 2.45) is 0 Å². The van der Waals surface area contributed by atoms with Gasteiger partial charge in [0.05, 0.1) is 0 Å². The van der Waals surface area contributed by atoms with Gasteiger partial charge >= 0.3 is 0 Å². The third kappa shape index (κ3) is 0.860. The van der Waals surface area contributed by atoms with Gasteiger partial charge in [-0.1, -0.05) is 36.5 Å². The Morgan fingerprint density at radius 1 is 0.900 bits per heavy atom. The van der Waals surface area contributed by atoms with E-state index in [0.29, 0.717) is 0 Å². The lowest BCUT2D eigenvalue weighted by atomic mass is 10.1. The van der Waals surface area contributed by atoms with Gasteiger partial charge in [0.1, 0.15) is 0 Å². The van der Waals surface area contributed by atoms with Crippen molar-refractivity contribution in [3.8, 4) is 0 Å². The normalized spacial score (nSPS) is 21.6. The Morgan fingerprint density at radius 2 is 1.70 bits per heavy atom. The lowest BCUT2D eigenvalue weighted by molar-refractivity contribution is 1.31. The SMILES string of the molecule is C1=CC2=C(C=CC1)CC=C2. The highest BCUT2D eigenvalue weighted by Crippen LogP contribution is 2.23. The van der Waals surface area contributed by atoms with E-state index in [9.17, 15) is 0 Å². The third-order valence-corrected chi connectivity index (χ3v) is 1.89. The van der Waals surface area contributed by atoms with Crippen molar-refractivity contribution >= 4 is 0 Å². The fourth-order valence-electron chi connectivity index (χ4n) is 1.35. The van der Waals surface area contributed by atoms with Crippen molar-refractivity contribution in [2.45, 2.75) is 12.8 Å². The minimum absolute atomic E-state index is 1.08. The first-order valence-corrected chi connectivity index (χ1v) is 3.69. The van der Waals surface area contributed by atoms with Gasteiger partial charge < -0.3 is 0 Å². The molecule has 50 valence electrons. The summed E-state index contributed by atoms with van der Waals surface area (Å²) in [5, 5.41) is 0. The number of rotatable bonds is 0. The van der Waals surface area contributed by atoms with Gasteiger partial charge in [-0.2, -0.15) is 0 Å². The summed E-state index contributed by atoms with van der Waals surface area (Å²) in [4.78, 5) is 0. The van der Waals surface area contributed by atoms with Gasteiger partial charge in [0, 0.05) is 0 Å². The largest absolute Gasteiger partial charge is 0.0804 e. The molecule has 0 radical (unpaired) electrons. The lowest BCUT2D eigenvalue weighted by Gasteiger charge is -1.91. The molecular weight excluding hydrogens is 120 g/mol. The van der Waals surface area contributed by atoms with Crippen molar-refractivity contribution in [3.63, 3.8) is 0 Å². The Hall–Kier alpha value is -1.04. The maximum absolute atomic E-state index is 2.23. The summed E-state index contributed by atoms with van der Waals surface area (Å²) in [6, 6.07) is 0. The van der Waals surface area contributed by atoms with Gasteiger partial charge in [-0.3, -0.25) is 0 Å². The van der Waals surface area contributed by atoms with Gasteiger partial charge in [-0.25, -0.2) is 0 Å². The van der Waals surface area contributed by atoms with E-state index in [1.54, 1.807) is 0 Å². The zero-order chi connectivity index (χ0) is 6.81. The van der Waals surface area contributed by atoms with Crippen LogP contribution in [0.15, 0.2) is 47.6 Å². The molecule has 0 aromatic heterocycles. The van der Waals surface area contributed by atoms with Crippen LogP contribution in [0.1, 0.15) is 12.8 Å². The van der Waals surface area contributed by atoms with Crippen LogP contribution in [0.2, 0.25) is 0 Å². The van der Waals surface area contributed by atoms with Crippen LogP contribution in [-0.2, 0) is 0 Å². The Labute approximate surface area is 61.3 Å². The molecule has 0 nitrogen and oxygen atoms in total. The average molecular weight is 130 g/mol. The summed E-state index contributed by atoms with van der Waals surface area (Å²) in [7, 11) is 0. The quantitative estimate of drug-likeness (QED) is 0.473. The van der Waals surface area contributed by atoms with Crippen LogP contribution < -0.4 is 0 Å². The second-order valence-corrected chi connectivity index (χ2v) is 2.63. The lowest BCUT2D eigenvalue weighted by Crippen LogP contribution is -1.72. The van der Waals surface area contributed by atoms with Crippen LogP contribution in [0.3, 0.4) is 0 Å². The smallest absolute Gasteiger partial charge is 0.00883 e. The second-order valence-electron chi connectivity index (χ2n) is 2.63. The molecule has 0 heteroatoms. The molecule has 2 rings (SSSR count). The van der Waals surface area contributed by atoms with Crippen LogP contribution in [0.4, 0.5) is 0 Å². The summed E-state index contributed by atoms with van der Waals surface area (Å²) in [6.07, 6.45) is 15.5. The van der Waals surface area contributed by atoms with Crippen LogP contribution in [-0.4, -0.2) is 0 Å². The Balaban J connectivity index is 2.41. The third-order valence-electron chi connectivity index (χ3n) is 1.89. The molecule has 0 amide bonds. The van der Waals surface area contributed by atoms with Crippen LogP contribution in [0.25, 0.3) is 0 Å². The Bertz CT molecular complexity index is 249. The van der Waals surface area contributed by atoms with Crippen molar-refractivity contribution in [3.05, 3.63) is 47.6 Å². The molecule has 0 spiro atoms. The van der Waals surface area contributed by atoms with Gasteiger partial charge in [-0.05, 0) is 24.0 Å². The van der Waals surface area contributed by atoms with E-state index in [1.807, 2.05) is 0 Å². The highest BCUT2D eigenvalue weighted by atomic mass is 14.1. The molecule has 0 saturated carbocycles. The van der Waals surface area contributed by atoms with Crippen LogP contribution in [0, 0.1) is 0 Å². The van der Waals surface area contributed by atoms with Crippen LogP contribution >= 0.6 is 0 Å². The van der Waals surface area contributed by atoms with Gasteiger partial charge in [0.2, 0.25) is 0 Å². The number of allylic oxidation sites excluding steroid dienone is 8. The van der Waals surface area contributed by atoms with E-state index in [4.69, 9.17) is 0 Å². The molecule has 2 aliphatic rings. The highest BCUT2D eigenvalue weighted by Gasteiger charge is 2.03. The predicted molar refractivity (Wildman–Crippen MR) is 43.7 cm³/mol. The number of hydrogen-bond acceptors (Lipinski definition) is 0. The second kappa shape index (κ2) is 2.30. The van der Waals surface area contributed by atoms with E-state index in [2.05, 4.69) is 36.5 Å². The molecule has 0 aliphatic heterocycles. The summed E-state index contributed by atoms with van der Waals surface area (Å²) in [6.45, 7) is 0. The van der Waals surface area contributed by atoms with Gasteiger partial charge in [-0.15, -0.1) is 0 Å². The molecule has 10 heavy (non-hydrogen) atoms. The fourth-order valence-corrected chi connectivity index (χ4v) is 1.35. The summed E-state index contributed by atoms with van der Waals surface area (Å²) >= 11 is 0. The maximum Gasteiger partial charge on any atom is -0.00883 e. The molecular formula is C10H10. The number of hydrogen-bond donors (Lipinski definition) is 0. The van der Waals surface area contributed by atoms with E-state index >= 15 is 0 Å². The van der Waals surface area contributed by atoms with Gasteiger partial charge in [0.25, 0.3) is 0 Å². The molecule has 0 aromatic rings. The Kier molecular flexibility index (Phi) is 1.31. The van der Waals surface area contributed by atoms with Crippen molar-refractivity contribution < 1.29 is 0 Å². The molecule has 0 N–H and O–H groups in total. The fraction of sp³-hybridized carbons (Fsp3) is 0.200. The van der Waals surface area contributed by atoms with Gasteiger partial charge in [0.15, 0.2) is 0 Å². The van der Waals surface area contributed by atoms with E-state index in [-0.39, 0.29) is 0 Å². The molecule has 0 unspecified atom stereocenters. The molecule has 2 aliphatic carbocycles. The van der Waals surface area contributed by atoms with E-state index in [0.717, 1.165) is 12.8 Å². The van der Waals surface area contributed by atoms with E-state index in [1.165, 1.54) is 11.1 Å². The molecule has 0 atom stereocenters. The first kappa shape index (κ1) is 5.72. The molecule has 0 fully saturated rings. The summed E-state index contributed by atoms with van der Waals surface area (Å²) < 4.78 is 0. The summed E-state index contributed by atoms with van der Waals surface area (Å²) in [5.41, 5.74) is 2.86. The Morgan fingerprint density at radius 3 is 2.70 bits per heavy atom. The van der Waals surface area contributed by atoms with Crippen molar-refractivity contribution in [1.82, 2.24) is 0 Å². The van der Waals surface area contributed by atoms with Crippen molar-refractivity contribution in [1.29, 1.82) is 0 Å². The average Bonchev–Trinajstić information content (AvgIpc) is 2.28.